The minimum absolute atomic E-state index is 0.0835. The van der Waals surface area contributed by atoms with Crippen LogP contribution in [-0.4, -0.2) is 60.5 Å². The molecule has 0 saturated carbocycles. The number of nitrogens with zero attached hydrogens (tertiary/aromatic N) is 2. The van der Waals surface area contributed by atoms with E-state index in [2.05, 4.69) is 0 Å². The van der Waals surface area contributed by atoms with E-state index in [1.165, 1.54) is 0 Å². The number of furan rings is 1. The molecule has 1 aromatic rings. The fourth-order valence-electron chi connectivity index (χ4n) is 3.00. The zero-order valence-corrected chi connectivity index (χ0v) is 12.7. The second-order valence-electron chi connectivity index (χ2n) is 5.79. The van der Waals surface area contributed by atoms with Crippen LogP contribution in [0.1, 0.15) is 25.0 Å². The molecule has 1 unspecified atom stereocenters. The highest BCUT2D eigenvalue weighted by atomic mass is 16.5. The molecule has 2 aliphatic rings. The summed E-state index contributed by atoms with van der Waals surface area (Å²) in [6.45, 7) is 3.10. The summed E-state index contributed by atoms with van der Waals surface area (Å²) >= 11 is 0. The lowest BCUT2D eigenvalue weighted by Crippen LogP contribution is -2.52. The van der Waals surface area contributed by atoms with Crippen molar-refractivity contribution in [1.82, 2.24) is 9.80 Å². The van der Waals surface area contributed by atoms with Gasteiger partial charge in [0.2, 0.25) is 5.91 Å². The van der Waals surface area contributed by atoms with Crippen molar-refractivity contribution in [2.75, 3.05) is 32.8 Å². The second-order valence-corrected chi connectivity index (χ2v) is 5.79. The molecular formula is C16H22N2O4. The Morgan fingerprint density at radius 3 is 2.59 bits per heavy atom. The first-order valence-electron chi connectivity index (χ1n) is 7.94. The molecule has 0 bridgehead atoms. The highest BCUT2D eigenvalue weighted by Gasteiger charge is 2.31. The van der Waals surface area contributed by atoms with Crippen molar-refractivity contribution in [3.63, 3.8) is 0 Å². The van der Waals surface area contributed by atoms with Crippen molar-refractivity contribution in [1.29, 1.82) is 0 Å². The highest BCUT2D eigenvalue weighted by Crippen LogP contribution is 2.16. The van der Waals surface area contributed by atoms with Gasteiger partial charge in [-0.1, -0.05) is 0 Å². The van der Waals surface area contributed by atoms with Crippen molar-refractivity contribution >= 4 is 11.8 Å². The summed E-state index contributed by atoms with van der Waals surface area (Å²) in [4.78, 5) is 28.1. The van der Waals surface area contributed by atoms with Crippen LogP contribution in [0.15, 0.2) is 22.8 Å². The van der Waals surface area contributed by atoms with E-state index in [1.807, 2.05) is 21.9 Å². The molecule has 0 spiro atoms. The average Bonchev–Trinajstić information content (AvgIpc) is 3.25. The van der Waals surface area contributed by atoms with E-state index in [-0.39, 0.29) is 17.9 Å². The molecule has 0 radical (unpaired) electrons. The van der Waals surface area contributed by atoms with Gasteiger partial charge in [0.25, 0.3) is 5.91 Å². The van der Waals surface area contributed by atoms with E-state index < -0.39 is 0 Å². The monoisotopic (exact) mass is 306 g/mol. The molecule has 1 aromatic heterocycles. The predicted molar refractivity (Wildman–Crippen MR) is 79.2 cm³/mol. The number of aryl methyl sites for hydroxylation is 1. The van der Waals surface area contributed by atoms with E-state index >= 15 is 0 Å². The molecule has 6 nitrogen and oxygen atoms in total. The number of hydrogen-bond donors (Lipinski definition) is 0. The quantitative estimate of drug-likeness (QED) is 0.834. The molecule has 2 amide bonds. The van der Waals surface area contributed by atoms with E-state index in [4.69, 9.17) is 9.15 Å². The number of amides is 2. The largest absolute Gasteiger partial charge is 0.469 e. The maximum absolute atomic E-state index is 12.2. The van der Waals surface area contributed by atoms with Crippen LogP contribution in [0.4, 0.5) is 0 Å². The number of rotatable bonds is 4. The number of carbonyl (C=O) groups excluding carboxylic acids is 2. The Morgan fingerprint density at radius 2 is 1.95 bits per heavy atom. The van der Waals surface area contributed by atoms with Gasteiger partial charge in [-0.2, -0.15) is 0 Å². The van der Waals surface area contributed by atoms with E-state index in [0.717, 1.165) is 18.6 Å². The smallest absolute Gasteiger partial charge is 0.251 e. The van der Waals surface area contributed by atoms with Gasteiger partial charge in [-0.15, -0.1) is 0 Å². The predicted octanol–water partition coefficient (Wildman–Crippen LogP) is 1.06. The summed E-state index contributed by atoms with van der Waals surface area (Å²) in [5, 5.41) is 0. The van der Waals surface area contributed by atoms with Crippen LogP contribution < -0.4 is 0 Å². The minimum Gasteiger partial charge on any atom is -0.469 e. The summed E-state index contributed by atoms with van der Waals surface area (Å²) in [5.41, 5.74) is 0. The molecule has 22 heavy (non-hydrogen) atoms. The average molecular weight is 306 g/mol. The lowest BCUT2D eigenvalue weighted by molar-refractivity contribution is -0.146. The van der Waals surface area contributed by atoms with Crippen molar-refractivity contribution < 1.29 is 18.7 Å². The number of ether oxygens (including phenoxy) is 1. The van der Waals surface area contributed by atoms with Gasteiger partial charge < -0.3 is 19.0 Å². The van der Waals surface area contributed by atoms with Gasteiger partial charge in [0.15, 0.2) is 0 Å². The maximum atomic E-state index is 12.2. The summed E-state index contributed by atoms with van der Waals surface area (Å²) in [6, 6.07) is 3.71. The SMILES string of the molecule is O=C(CCc1ccco1)N1CCN(C(=O)C2CCCO2)CC1. The second kappa shape index (κ2) is 6.96. The number of hydrogen-bond acceptors (Lipinski definition) is 4. The van der Waals surface area contributed by atoms with Crippen molar-refractivity contribution in [2.45, 2.75) is 31.8 Å². The summed E-state index contributed by atoms with van der Waals surface area (Å²) in [5.74, 6) is 1.04. The van der Waals surface area contributed by atoms with Crippen LogP contribution in [0.5, 0.6) is 0 Å². The highest BCUT2D eigenvalue weighted by molar-refractivity contribution is 5.82. The van der Waals surface area contributed by atoms with Crippen LogP contribution in [0.25, 0.3) is 0 Å². The molecule has 2 saturated heterocycles. The standard InChI is InChI=1S/C16H22N2O4/c19-15(6-5-13-3-1-11-21-13)17-7-9-18(10-8-17)16(20)14-4-2-12-22-14/h1,3,11,14H,2,4-10,12H2. The van der Waals surface area contributed by atoms with Crippen LogP contribution in [0.2, 0.25) is 0 Å². The Balaban J connectivity index is 1.42. The minimum atomic E-state index is -0.263. The summed E-state index contributed by atoms with van der Waals surface area (Å²) < 4.78 is 10.7. The molecule has 0 aliphatic carbocycles. The molecule has 0 aromatic carbocycles. The zero-order valence-electron chi connectivity index (χ0n) is 12.7. The molecular weight excluding hydrogens is 284 g/mol. The molecule has 6 heteroatoms. The normalized spacial score (nSPS) is 22.1. The number of carbonyl (C=O) groups is 2. The van der Waals surface area contributed by atoms with Crippen LogP contribution in [0.3, 0.4) is 0 Å². The van der Waals surface area contributed by atoms with E-state index in [0.29, 0.717) is 45.6 Å². The Morgan fingerprint density at radius 1 is 1.18 bits per heavy atom. The lowest BCUT2D eigenvalue weighted by atomic mass is 10.2. The van der Waals surface area contributed by atoms with Gasteiger partial charge in [0.1, 0.15) is 11.9 Å². The summed E-state index contributed by atoms with van der Waals surface area (Å²) in [7, 11) is 0. The zero-order chi connectivity index (χ0) is 15.4. The molecule has 120 valence electrons. The first-order valence-corrected chi connectivity index (χ1v) is 7.94. The Labute approximate surface area is 130 Å². The van der Waals surface area contributed by atoms with Gasteiger partial charge in [0, 0.05) is 45.6 Å². The van der Waals surface area contributed by atoms with Crippen molar-refractivity contribution in [3.8, 4) is 0 Å². The van der Waals surface area contributed by atoms with Gasteiger partial charge in [-0.3, -0.25) is 9.59 Å². The third-order valence-corrected chi connectivity index (χ3v) is 4.31. The first kappa shape index (κ1) is 15.1. The van der Waals surface area contributed by atoms with Gasteiger partial charge in [-0.25, -0.2) is 0 Å². The third kappa shape index (κ3) is 3.50. The summed E-state index contributed by atoms with van der Waals surface area (Å²) in [6.07, 6.45) is 4.22. The molecule has 0 N–H and O–H groups in total. The Bertz CT molecular complexity index is 500. The fraction of sp³-hybridized carbons (Fsp3) is 0.625. The van der Waals surface area contributed by atoms with Gasteiger partial charge in [0.05, 0.1) is 6.26 Å². The topological polar surface area (TPSA) is 63.0 Å². The molecule has 2 aliphatic heterocycles. The van der Waals surface area contributed by atoms with E-state index in [9.17, 15) is 9.59 Å². The molecule has 2 fully saturated rings. The van der Waals surface area contributed by atoms with E-state index in [1.54, 1.807) is 6.26 Å². The Hall–Kier alpha value is -1.82. The Kier molecular flexibility index (Phi) is 4.77. The van der Waals surface area contributed by atoms with Crippen LogP contribution >= 0.6 is 0 Å². The maximum Gasteiger partial charge on any atom is 0.251 e. The van der Waals surface area contributed by atoms with Crippen molar-refractivity contribution in [3.05, 3.63) is 24.2 Å². The fourth-order valence-corrected chi connectivity index (χ4v) is 3.00. The number of piperazine rings is 1. The van der Waals surface area contributed by atoms with Crippen LogP contribution in [-0.2, 0) is 20.7 Å². The van der Waals surface area contributed by atoms with Gasteiger partial charge in [-0.05, 0) is 25.0 Å². The third-order valence-electron chi connectivity index (χ3n) is 4.31. The lowest BCUT2D eigenvalue weighted by Gasteiger charge is -2.35. The molecule has 3 rings (SSSR count). The molecule has 1 atom stereocenters. The van der Waals surface area contributed by atoms with Gasteiger partial charge >= 0.3 is 0 Å². The van der Waals surface area contributed by atoms with Crippen molar-refractivity contribution in [2.24, 2.45) is 0 Å². The van der Waals surface area contributed by atoms with Crippen LogP contribution in [0, 0.1) is 0 Å². The molecule has 3 heterocycles. The first-order chi connectivity index (χ1) is 10.7.